The molecule has 1 N–H and O–H groups in total. The van der Waals surface area contributed by atoms with E-state index < -0.39 is 0 Å². The molecule has 2 heterocycles. The number of nitrogens with zero attached hydrogens (tertiary/aromatic N) is 2. The molecule has 3 rings (SSSR count). The smallest absolute Gasteiger partial charge is 0.256 e. The lowest BCUT2D eigenvalue weighted by Gasteiger charge is -2.08. The average Bonchev–Trinajstić information content (AvgIpc) is 3.19. The third-order valence-corrected chi connectivity index (χ3v) is 4.53. The van der Waals surface area contributed by atoms with E-state index in [1.807, 2.05) is 35.1 Å². The van der Waals surface area contributed by atoms with Gasteiger partial charge in [-0.3, -0.25) is 9.48 Å². The number of hydrogen-bond acceptors (Lipinski definition) is 4. The maximum Gasteiger partial charge on any atom is 0.256 e. The number of hydrogen-bond donors (Lipinski definition) is 1. The largest absolute Gasteiger partial charge is 0.379 e. The molecule has 0 bridgehead atoms. The highest BCUT2D eigenvalue weighted by molar-refractivity contribution is 7.99. The monoisotopic (exact) mass is 317 g/mol. The summed E-state index contributed by atoms with van der Waals surface area (Å²) in [6, 6.07) is 7.93. The van der Waals surface area contributed by atoms with Gasteiger partial charge in [0.1, 0.15) is 0 Å². The SMILES string of the molecule is CCSc1ccccc1C(=O)Nc1cnn([C@H]2CCOC2)c1. The molecule has 5 nitrogen and oxygen atoms in total. The molecule has 0 spiro atoms. The minimum Gasteiger partial charge on any atom is -0.379 e. The van der Waals surface area contributed by atoms with Crippen LogP contribution in [0.5, 0.6) is 0 Å². The Labute approximate surface area is 134 Å². The summed E-state index contributed by atoms with van der Waals surface area (Å²) >= 11 is 1.67. The molecular weight excluding hydrogens is 298 g/mol. The summed E-state index contributed by atoms with van der Waals surface area (Å²) in [6.07, 6.45) is 4.52. The number of ether oxygens (including phenoxy) is 1. The number of aromatic nitrogens is 2. The Morgan fingerprint density at radius 2 is 2.36 bits per heavy atom. The van der Waals surface area contributed by atoms with E-state index in [0.717, 1.165) is 23.7 Å². The van der Waals surface area contributed by atoms with Crippen molar-refractivity contribution in [2.45, 2.75) is 24.3 Å². The molecule has 0 aliphatic carbocycles. The summed E-state index contributed by atoms with van der Waals surface area (Å²) in [4.78, 5) is 13.5. The van der Waals surface area contributed by atoms with Crippen LogP contribution in [0.4, 0.5) is 5.69 Å². The molecule has 1 aliphatic rings. The van der Waals surface area contributed by atoms with E-state index in [1.54, 1.807) is 18.0 Å². The molecule has 116 valence electrons. The zero-order valence-corrected chi connectivity index (χ0v) is 13.3. The van der Waals surface area contributed by atoms with Crippen LogP contribution in [-0.2, 0) is 4.74 Å². The first-order valence-corrected chi connectivity index (χ1v) is 8.41. The first kappa shape index (κ1) is 15.1. The number of thioether (sulfide) groups is 1. The molecule has 1 fully saturated rings. The number of amides is 1. The first-order valence-electron chi connectivity index (χ1n) is 7.43. The predicted molar refractivity (Wildman–Crippen MR) is 87.5 cm³/mol. The van der Waals surface area contributed by atoms with E-state index in [0.29, 0.717) is 17.9 Å². The van der Waals surface area contributed by atoms with Crippen molar-refractivity contribution < 1.29 is 9.53 Å². The van der Waals surface area contributed by atoms with Crippen molar-refractivity contribution in [2.75, 3.05) is 24.3 Å². The second kappa shape index (κ2) is 6.98. The van der Waals surface area contributed by atoms with E-state index in [-0.39, 0.29) is 11.9 Å². The molecule has 0 saturated carbocycles. The highest BCUT2D eigenvalue weighted by atomic mass is 32.2. The second-order valence-corrected chi connectivity index (χ2v) is 6.42. The van der Waals surface area contributed by atoms with Crippen LogP contribution in [0, 0.1) is 0 Å². The lowest BCUT2D eigenvalue weighted by Crippen LogP contribution is -2.13. The first-order chi connectivity index (χ1) is 10.8. The fourth-order valence-corrected chi connectivity index (χ4v) is 3.27. The fourth-order valence-electron chi connectivity index (χ4n) is 2.47. The van der Waals surface area contributed by atoms with Crippen LogP contribution in [0.3, 0.4) is 0 Å². The van der Waals surface area contributed by atoms with Crippen molar-refractivity contribution in [1.82, 2.24) is 9.78 Å². The van der Waals surface area contributed by atoms with Crippen LogP contribution in [0.1, 0.15) is 29.7 Å². The molecule has 1 amide bonds. The third-order valence-electron chi connectivity index (χ3n) is 3.57. The molecule has 1 saturated heterocycles. The molecule has 1 aliphatic heterocycles. The average molecular weight is 317 g/mol. The van der Waals surface area contributed by atoms with Crippen molar-refractivity contribution in [3.8, 4) is 0 Å². The Kier molecular flexibility index (Phi) is 4.80. The zero-order chi connectivity index (χ0) is 15.4. The lowest BCUT2D eigenvalue weighted by molar-refractivity contribution is 0.102. The van der Waals surface area contributed by atoms with Gasteiger partial charge in [-0.05, 0) is 24.3 Å². The number of carbonyl (C=O) groups is 1. The molecule has 2 aromatic rings. The second-order valence-electron chi connectivity index (χ2n) is 5.11. The van der Waals surface area contributed by atoms with Crippen LogP contribution < -0.4 is 5.32 Å². The highest BCUT2D eigenvalue weighted by Crippen LogP contribution is 2.24. The minimum absolute atomic E-state index is 0.0984. The Balaban J connectivity index is 1.71. The van der Waals surface area contributed by atoms with Crippen molar-refractivity contribution in [3.05, 3.63) is 42.2 Å². The fraction of sp³-hybridized carbons (Fsp3) is 0.375. The van der Waals surface area contributed by atoms with Crippen LogP contribution in [-0.4, -0.2) is 34.7 Å². The van der Waals surface area contributed by atoms with Crippen LogP contribution >= 0.6 is 11.8 Å². The van der Waals surface area contributed by atoms with Gasteiger partial charge in [-0.25, -0.2) is 0 Å². The molecule has 1 aromatic carbocycles. The number of anilines is 1. The molecule has 6 heteroatoms. The van der Waals surface area contributed by atoms with Crippen molar-refractivity contribution in [2.24, 2.45) is 0 Å². The Bertz CT molecular complexity index is 650. The van der Waals surface area contributed by atoms with Gasteiger partial charge in [-0.15, -0.1) is 11.8 Å². The Morgan fingerprint density at radius 3 is 3.14 bits per heavy atom. The molecule has 22 heavy (non-hydrogen) atoms. The van der Waals surface area contributed by atoms with E-state index in [9.17, 15) is 4.79 Å². The Hall–Kier alpha value is -1.79. The standard InChI is InChI=1S/C16H19N3O2S/c1-2-22-15-6-4-3-5-14(15)16(20)18-12-9-17-19(10-12)13-7-8-21-11-13/h3-6,9-10,13H,2,7-8,11H2,1H3,(H,18,20)/t13-/m0/s1. The molecular formula is C16H19N3O2S. The van der Waals surface area contributed by atoms with Gasteiger partial charge < -0.3 is 10.1 Å². The number of carbonyl (C=O) groups excluding carboxylic acids is 1. The molecule has 1 atom stereocenters. The molecule has 0 unspecified atom stereocenters. The highest BCUT2D eigenvalue weighted by Gasteiger charge is 2.19. The Morgan fingerprint density at radius 1 is 1.50 bits per heavy atom. The van der Waals surface area contributed by atoms with Gasteiger partial charge in [0.25, 0.3) is 5.91 Å². The maximum atomic E-state index is 12.5. The summed E-state index contributed by atoms with van der Waals surface area (Å²) < 4.78 is 7.23. The van der Waals surface area contributed by atoms with Gasteiger partial charge in [0.15, 0.2) is 0 Å². The summed E-state index contributed by atoms with van der Waals surface area (Å²) in [7, 11) is 0. The van der Waals surface area contributed by atoms with Gasteiger partial charge in [-0.1, -0.05) is 19.1 Å². The maximum absolute atomic E-state index is 12.5. The number of nitrogens with one attached hydrogen (secondary N) is 1. The normalized spacial score (nSPS) is 17.6. The van der Waals surface area contributed by atoms with Gasteiger partial charge >= 0.3 is 0 Å². The van der Waals surface area contributed by atoms with E-state index in [4.69, 9.17) is 4.74 Å². The topological polar surface area (TPSA) is 56.2 Å². The van der Waals surface area contributed by atoms with Gasteiger partial charge in [0, 0.05) is 17.7 Å². The van der Waals surface area contributed by atoms with Crippen molar-refractivity contribution in [1.29, 1.82) is 0 Å². The van der Waals surface area contributed by atoms with Crippen molar-refractivity contribution in [3.63, 3.8) is 0 Å². The lowest BCUT2D eigenvalue weighted by atomic mass is 10.2. The van der Waals surface area contributed by atoms with Gasteiger partial charge in [-0.2, -0.15) is 5.10 Å². The van der Waals surface area contributed by atoms with Crippen LogP contribution in [0.2, 0.25) is 0 Å². The van der Waals surface area contributed by atoms with Crippen LogP contribution in [0.25, 0.3) is 0 Å². The zero-order valence-electron chi connectivity index (χ0n) is 12.5. The van der Waals surface area contributed by atoms with E-state index in [2.05, 4.69) is 17.3 Å². The summed E-state index contributed by atoms with van der Waals surface area (Å²) in [6.45, 7) is 3.53. The molecule has 0 radical (unpaired) electrons. The number of rotatable bonds is 5. The molecule has 1 aromatic heterocycles. The quantitative estimate of drug-likeness (QED) is 0.860. The summed E-state index contributed by atoms with van der Waals surface area (Å²) in [5.41, 5.74) is 1.42. The van der Waals surface area contributed by atoms with Crippen LogP contribution in [0.15, 0.2) is 41.6 Å². The van der Waals surface area contributed by atoms with E-state index in [1.165, 1.54) is 0 Å². The van der Waals surface area contributed by atoms with Gasteiger partial charge in [0.05, 0.1) is 30.1 Å². The summed E-state index contributed by atoms with van der Waals surface area (Å²) in [5, 5.41) is 7.24. The van der Waals surface area contributed by atoms with Gasteiger partial charge in [0.2, 0.25) is 0 Å². The predicted octanol–water partition coefficient (Wildman–Crippen LogP) is 3.21. The minimum atomic E-state index is -0.0984. The third kappa shape index (κ3) is 3.34. The van der Waals surface area contributed by atoms with Crippen molar-refractivity contribution >= 4 is 23.4 Å². The van der Waals surface area contributed by atoms with E-state index >= 15 is 0 Å². The number of benzene rings is 1. The summed E-state index contributed by atoms with van der Waals surface area (Å²) in [5.74, 6) is 0.836.